The van der Waals surface area contributed by atoms with Crippen LogP contribution < -0.4 is 4.74 Å². The smallest absolute Gasteiger partial charge is 0.119 e. The van der Waals surface area contributed by atoms with Crippen LogP contribution >= 0.6 is 0 Å². The Morgan fingerprint density at radius 3 is 2.71 bits per heavy atom. The van der Waals surface area contributed by atoms with Gasteiger partial charge in [-0.2, -0.15) is 0 Å². The summed E-state index contributed by atoms with van der Waals surface area (Å²) in [6.45, 7) is 5.89. The zero-order chi connectivity index (χ0) is 15.2. The van der Waals surface area contributed by atoms with Gasteiger partial charge in [0.05, 0.1) is 25.9 Å². The third-order valence-electron chi connectivity index (χ3n) is 3.65. The molecule has 4 heteroatoms. The number of hydrogen-bond acceptors (Lipinski definition) is 4. The maximum absolute atomic E-state index is 10.1. The van der Waals surface area contributed by atoms with E-state index in [4.69, 9.17) is 9.47 Å². The van der Waals surface area contributed by atoms with Crippen molar-refractivity contribution in [2.75, 3.05) is 20.3 Å². The van der Waals surface area contributed by atoms with Gasteiger partial charge in [0.2, 0.25) is 0 Å². The molecule has 1 unspecified atom stereocenters. The van der Waals surface area contributed by atoms with E-state index in [-0.39, 0.29) is 6.10 Å². The molecular formula is C17H27NO3. The number of aliphatic hydroxyl groups is 1. The second kappa shape index (κ2) is 7.78. The number of benzene rings is 1. The fourth-order valence-electron chi connectivity index (χ4n) is 2.41. The highest BCUT2D eigenvalue weighted by Crippen LogP contribution is 2.29. The van der Waals surface area contributed by atoms with E-state index >= 15 is 0 Å². The van der Waals surface area contributed by atoms with Gasteiger partial charge in [0.25, 0.3) is 0 Å². The summed E-state index contributed by atoms with van der Waals surface area (Å²) < 4.78 is 10.8. The lowest BCUT2D eigenvalue weighted by Crippen LogP contribution is -2.36. The van der Waals surface area contributed by atoms with Crippen LogP contribution in [0.1, 0.15) is 32.3 Å². The topological polar surface area (TPSA) is 41.9 Å². The van der Waals surface area contributed by atoms with E-state index in [0.717, 1.165) is 12.3 Å². The van der Waals surface area contributed by atoms with E-state index in [1.165, 1.54) is 18.4 Å². The summed E-state index contributed by atoms with van der Waals surface area (Å²) in [5.41, 5.74) is 1.22. The highest BCUT2D eigenvalue weighted by molar-refractivity contribution is 5.28. The van der Waals surface area contributed by atoms with E-state index in [0.29, 0.717) is 19.2 Å². The summed E-state index contributed by atoms with van der Waals surface area (Å²) in [4.78, 5) is 2.35. The monoisotopic (exact) mass is 293 g/mol. The Balaban J connectivity index is 1.89. The number of methoxy groups -OCH3 is 1. The zero-order valence-electron chi connectivity index (χ0n) is 13.3. The molecule has 1 N–H and O–H groups in total. The van der Waals surface area contributed by atoms with Crippen LogP contribution in [-0.2, 0) is 11.3 Å². The van der Waals surface area contributed by atoms with Crippen molar-refractivity contribution < 1.29 is 14.6 Å². The number of nitrogens with zero attached hydrogens (tertiary/aromatic N) is 1. The van der Waals surface area contributed by atoms with Crippen LogP contribution in [0.3, 0.4) is 0 Å². The van der Waals surface area contributed by atoms with Crippen molar-refractivity contribution in [2.24, 2.45) is 0 Å². The maximum atomic E-state index is 10.1. The highest BCUT2D eigenvalue weighted by Gasteiger charge is 2.30. The Morgan fingerprint density at radius 1 is 1.33 bits per heavy atom. The molecule has 1 aromatic rings. The number of aliphatic hydroxyl groups excluding tert-OH is 1. The molecule has 1 fully saturated rings. The summed E-state index contributed by atoms with van der Waals surface area (Å²) in [7, 11) is 1.69. The summed E-state index contributed by atoms with van der Waals surface area (Å²) in [6.07, 6.45) is 2.18. The van der Waals surface area contributed by atoms with E-state index in [2.05, 4.69) is 17.0 Å². The molecule has 1 aromatic carbocycles. The van der Waals surface area contributed by atoms with Gasteiger partial charge in [0, 0.05) is 19.1 Å². The van der Waals surface area contributed by atoms with Crippen molar-refractivity contribution in [2.45, 2.75) is 51.5 Å². The lowest BCUT2D eigenvalue weighted by atomic mass is 10.2. The van der Waals surface area contributed by atoms with Gasteiger partial charge in [0.15, 0.2) is 0 Å². The van der Waals surface area contributed by atoms with Crippen molar-refractivity contribution in [3.8, 4) is 5.75 Å². The van der Waals surface area contributed by atoms with Crippen LogP contribution in [-0.4, -0.2) is 48.5 Å². The molecule has 0 heterocycles. The van der Waals surface area contributed by atoms with Crippen LogP contribution in [0.25, 0.3) is 0 Å². The first kappa shape index (κ1) is 16.3. The molecule has 0 spiro atoms. The molecule has 0 aromatic heterocycles. The Kier molecular flexibility index (Phi) is 6.03. The second-order valence-electron chi connectivity index (χ2n) is 6.05. The van der Waals surface area contributed by atoms with Crippen LogP contribution in [0, 0.1) is 0 Å². The van der Waals surface area contributed by atoms with Crippen molar-refractivity contribution >= 4 is 0 Å². The average Bonchev–Trinajstić information content (AvgIpc) is 3.29. The highest BCUT2D eigenvalue weighted by atomic mass is 16.5. The van der Waals surface area contributed by atoms with Gasteiger partial charge in [-0.3, -0.25) is 4.90 Å². The van der Waals surface area contributed by atoms with Gasteiger partial charge in [0.1, 0.15) is 5.75 Å². The molecule has 21 heavy (non-hydrogen) atoms. The predicted molar refractivity (Wildman–Crippen MR) is 83.5 cm³/mol. The molecular weight excluding hydrogens is 266 g/mol. The fourth-order valence-corrected chi connectivity index (χ4v) is 2.41. The summed E-state index contributed by atoms with van der Waals surface area (Å²) >= 11 is 0. The molecule has 1 aliphatic carbocycles. The lowest BCUT2D eigenvalue weighted by Gasteiger charge is -2.25. The maximum Gasteiger partial charge on any atom is 0.119 e. The summed E-state index contributed by atoms with van der Waals surface area (Å²) in [6, 6.07) is 8.74. The predicted octanol–water partition coefficient (Wildman–Crippen LogP) is 2.45. The van der Waals surface area contributed by atoms with Crippen LogP contribution in [0.4, 0.5) is 0 Å². The van der Waals surface area contributed by atoms with Crippen molar-refractivity contribution in [3.05, 3.63) is 29.8 Å². The van der Waals surface area contributed by atoms with E-state index in [1.54, 1.807) is 7.11 Å². The number of rotatable bonds is 9. The first-order chi connectivity index (χ1) is 10.1. The lowest BCUT2D eigenvalue weighted by molar-refractivity contribution is -0.0107. The van der Waals surface area contributed by atoms with Gasteiger partial charge in [-0.05, 0) is 44.4 Å². The first-order valence-electron chi connectivity index (χ1n) is 7.75. The Hall–Kier alpha value is -1.10. The Bertz CT molecular complexity index is 432. The van der Waals surface area contributed by atoms with Gasteiger partial charge in [-0.1, -0.05) is 12.1 Å². The summed E-state index contributed by atoms with van der Waals surface area (Å²) in [5.74, 6) is 0.881. The Morgan fingerprint density at radius 2 is 2.10 bits per heavy atom. The number of ether oxygens (including phenoxy) is 2. The molecule has 118 valence electrons. The van der Waals surface area contributed by atoms with Crippen LogP contribution in [0.2, 0.25) is 0 Å². The van der Waals surface area contributed by atoms with Crippen molar-refractivity contribution in [3.63, 3.8) is 0 Å². The first-order valence-corrected chi connectivity index (χ1v) is 7.75. The quantitative estimate of drug-likeness (QED) is 0.759. The van der Waals surface area contributed by atoms with Crippen molar-refractivity contribution in [1.82, 2.24) is 4.90 Å². The largest absolute Gasteiger partial charge is 0.497 e. The van der Waals surface area contributed by atoms with E-state index in [1.807, 2.05) is 26.0 Å². The molecule has 1 atom stereocenters. The average molecular weight is 293 g/mol. The Labute approximate surface area is 127 Å². The van der Waals surface area contributed by atoms with Crippen molar-refractivity contribution in [1.29, 1.82) is 0 Å². The molecule has 2 rings (SSSR count). The van der Waals surface area contributed by atoms with Crippen LogP contribution in [0.15, 0.2) is 24.3 Å². The normalized spacial score (nSPS) is 16.5. The summed E-state index contributed by atoms with van der Waals surface area (Å²) in [5, 5.41) is 10.1. The van der Waals surface area contributed by atoms with Gasteiger partial charge >= 0.3 is 0 Å². The second-order valence-corrected chi connectivity index (χ2v) is 6.05. The number of hydrogen-bond donors (Lipinski definition) is 1. The minimum atomic E-state index is -0.432. The fraction of sp³-hybridized carbons (Fsp3) is 0.647. The molecule has 0 bridgehead atoms. The minimum absolute atomic E-state index is 0.160. The minimum Gasteiger partial charge on any atom is -0.497 e. The standard InChI is InChI=1S/C17H27NO3/c1-13(2)21-12-16(19)11-18(15-7-8-15)10-14-5-4-6-17(9-14)20-3/h4-6,9,13,15-16,19H,7-8,10-12H2,1-3H3. The molecule has 0 saturated heterocycles. The van der Waals surface area contributed by atoms with Crippen LogP contribution in [0.5, 0.6) is 5.75 Å². The van der Waals surface area contributed by atoms with Gasteiger partial charge in [-0.25, -0.2) is 0 Å². The third kappa shape index (κ3) is 5.65. The molecule has 0 amide bonds. The molecule has 0 aliphatic heterocycles. The zero-order valence-corrected chi connectivity index (χ0v) is 13.3. The van der Waals surface area contributed by atoms with E-state index in [9.17, 15) is 5.11 Å². The molecule has 1 aliphatic rings. The molecule has 1 saturated carbocycles. The van der Waals surface area contributed by atoms with Gasteiger partial charge < -0.3 is 14.6 Å². The SMILES string of the molecule is COc1cccc(CN(CC(O)COC(C)C)C2CC2)c1. The van der Waals surface area contributed by atoms with Gasteiger partial charge in [-0.15, -0.1) is 0 Å². The molecule has 0 radical (unpaired) electrons. The molecule has 4 nitrogen and oxygen atoms in total. The third-order valence-corrected chi connectivity index (χ3v) is 3.65. The van der Waals surface area contributed by atoms with E-state index < -0.39 is 6.10 Å².